The molecular formula is C44H44N2O6. The van der Waals surface area contributed by atoms with Gasteiger partial charge in [-0.15, -0.1) is 0 Å². The number of hydrogen-bond acceptors (Lipinski definition) is 6. The Morgan fingerprint density at radius 3 is 1.65 bits per heavy atom. The summed E-state index contributed by atoms with van der Waals surface area (Å²) < 4.78 is 18.8. The predicted molar refractivity (Wildman–Crippen MR) is 201 cm³/mol. The summed E-state index contributed by atoms with van der Waals surface area (Å²) in [5.41, 5.74) is 4.67. The van der Waals surface area contributed by atoms with Gasteiger partial charge in [0.1, 0.15) is 6.61 Å². The monoisotopic (exact) mass is 696 g/mol. The second-order valence-electron chi connectivity index (χ2n) is 13.9. The maximum atomic E-state index is 14.7. The molecule has 5 aromatic rings. The van der Waals surface area contributed by atoms with Crippen LogP contribution in [0.3, 0.4) is 0 Å². The van der Waals surface area contributed by atoms with Crippen LogP contribution in [0.25, 0.3) is 11.1 Å². The molecule has 0 fully saturated rings. The van der Waals surface area contributed by atoms with Crippen LogP contribution in [-0.2, 0) is 24.6 Å². The highest BCUT2D eigenvalue weighted by Crippen LogP contribution is 2.45. The quantitative estimate of drug-likeness (QED) is 0.107. The van der Waals surface area contributed by atoms with Crippen LogP contribution in [0, 0.1) is 0 Å². The smallest absolute Gasteiger partial charge is 0.407 e. The molecule has 2 atom stereocenters. The van der Waals surface area contributed by atoms with Crippen LogP contribution in [0.15, 0.2) is 133 Å². The number of esters is 1. The van der Waals surface area contributed by atoms with Crippen molar-refractivity contribution in [3.63, 3.8) is 0 Å². The van der Waals surface area contributed by atoms with Gasteiger partial charge in [0.05, 0.1) is 11.7 Å². The third kappa shape index (κ3) is 7.48. The van der Waals surface area contributed by atoms with Crippen LogP contribution in [0.4, 0.5) is 4.79 Å². The lowest BCUT2D eigenvalue weighted by molar-refractivity contribution is -0.163. The summed E-state index contributed by atoms with van der Waals surface area (Å²) in [4.78, 5) is 40.9. The van der Waals surface area contributed by atoms with E-state index in [0.29, 0.717) is 22.3 Å². The largest absolute Gasteiger partial charge is 0.449 e. The molecule has 52 heavy (non-hydrogen) atoms. The van der Waals surface area contributed by atoms with Crippen LogP contribution in [0.1, 0.15) is 71.8 Å². The van der Waals surface area contributed by atoms with Gasteiger partial charge in [0.15, 0.2) is 11.6 Å². The van der Waals surface area contributed by atoms with E-state index in [1.54, 1.807) is 38.2 Å². The zero-order chi connectivity index (χ0) is 36.9. The summed E-state index contributed by atoms with van der Waals surface area (Å²) in [5, 5.41) is 5.45. The first-order valence-corrected chi connectivity index (χ1v) is 17.5. The van der Waals surface area contributed by atoms with Gasteiger partial charge in [-0.25, -0.2) is 9.59 Å². The number of fused-ring (bicyclic) bond motifs is 3. The third-order valence-corrected chi connectivity index (χ3v) is 9.27. The molecule has 2 amide bonds. The molecule has 5 aromatic carbocycles. The zero-order valence-electron chi connectivity index (χ0n) is 30.1. The molecule has 0 unspecified atom stereocenters. The lowest BCUT2D eigenvalue weighted by atomic mass is 9.79. The molecule has 0 bridgehead atoms. The molecule has 0 saturated heterocycles. The molecule has 0 radical (unpaired) electrons. The number of rotatable bonds is 11. The molecule has 2 N–H and O–H groups in total. The normalized spacial score (nSPS) is 13.6. The van der Waals surface area contributed by atoms with Crippen LogP contribution < -0.4 is 10.6 Å². The fourth-order valence-corrected chi connectivity index (χ4v) is 7.00. The van der Waals surface area contributed by atoms with Crippen molar-refractivity contribution in [2.24, 2.45) is 0 Å². The van der Waals surface area contributed by atoms with Crippen LogP contribution >= 0.6 is 0 Å². The van der Waals surface area contributed by atoms with Gasteiger partial charge in [0.25, 0.3) is 5.91 Å². The molecular weight excluding hydrogens is 652 g/mol. The first-order chi connectivity index (χ1) is 25.0. The van der Waals surface area contributed by atoms with Gasteiger partial charge in [-0.2, -0.15) is 0 Å². The molecule has 6 rings (SSSR count). The van der Waals surface area contributed by atoms with E-state index in [0.717, 1.165) is 22.3 Å². The average molecular weight is 697 g/mol. The lowest BCUT2D eigenvalue weighted by Gasteiger charge is -2.38. The Hall–Kier alpha value is -5.73. The zero-order valence-corrected chi connectivity index (χ0v) is 30.1. The molecule has 0 spiro atoms. The maximum absolute atomic E-state index is 14.7. The number of amides is 2. The molecule has 0 heterocycles. The Balaban J connectivity index is 1.34. The van der Waals surface area contributed by atoms with Crippen molar-refractivity contribution in [1.29, 1.82) is 0 Å². The summed E-state index contributed by atoms with van der Waals surface area (Å²) >= 11 is 0. The van der Waals surface area contributed by atoms with Crippen LogP contribution in [-0.4, -0.2) is 49.4 Å². The number of ether oxygens (including phenoxy) is 3. The van der Waals surface area contributed by atoms with Crippen molar-refractivity contribution in [2.45, 2.75) is 57.0 Å². The van der Waals surface area contributed by atoms with Gasteiger partial charge >= 0.3 is 12.1 Å². The van der Waals surface area contributed by atoms with E-state index in [-0.39, 0.29) is 18.4 Å². The fourth-order valence-electron chi connectivity index (χ4n) is 7.00. The molecule has 1 aliphatic carbocycles. The van der Waals surface area contributed by atoms with Gasteiger partial charge < -0.3 is 24.8 Å². The van der Waals surface area contributed by atoms with E-state index < -0.39 is 35.4 Å². The number of carbonyl (C=O) groups is 3. The van der Waals surface area contributed by atoms with Gasteiger partial charge in [-0.3, -0.25) is 4.79 Å². The van der Waals surface area contributed by atoms with Crippen molar-refractivity contribution >= 4 is 18.0 Å². The fraction of sp³-hybridized carbons (Fsp3) is 0.250. The standard InChI is InChI=1S/C44H44N2O6/c1-29(51-43(2,3)4)39(46-42(49)50-28-38-36-22-14-12-20-34(36)35-21-13-15-23-37(35)38)41(48)52-44(31-16-8-6-9-17-31,32-18-10-7-11-19-32)33-26-24-30(25-27-33)40(47)45-5/h6-27,29,38-39H,28H2,1-5H3,(H,45,47)(H,46,49)/t29-,39+/m0/s1. The number of alkyl carbamates (subject to hydrolysis) is 1. The van der Waals surface area contributed by atoms with Gasteiger partial charge in [0.2, 0.25) is 0 Å². The molecule has 0 saturated carbocycles. The van der Waals surface area contributed by atoms with Crippen molar-refractivity contribution in [3.05, 3.63) is 167 Å². The second-order valence-corrected chi connectivity index (χ2v) is 13.9. The molecule has 1 aliphatic rings. The molecule has 8 nitrogen and oxygen atoms in total. The minimum Gasteiger partial charge on any atom is -0.449 e. The van der Waals surface area contributed by atoms with E-state index in [2.05, 4.69) is 34.9 Å². The Morgan fingerprint density at radius 1 is 0.673 bits per heavy atom. The van der Waals surface area contributed by atoms with E-state index in [9.17, 15) is 14.4 Å². The van der Waals surface area contributed by atoms with Crippen LogP contribution in [0.2, 0.25) is 0 Å². The van der Waals surface area contributed by atoms with Gasteiger partial charge in [-0.05, 0) is 62.1 Å². The molecule has 0 aromatic heterocycles. The maximum Gasteiger partial charge on any atom is 0.407 e. The SMILES string of the molecule is CNC(=O)c1ccc(C(OC(=O)[C@H](NC(=O)OCC2c3ccccc3-c3ccccc32)[C@H](C)OC(C)(C)C)(c2ccccc2)c2ccccc2)cc1. The number of benzene rings is 5. The molecule has 8 heteroatoms. The van der Waals surface area contributed by atoms with Crippen molar-refractivity contribution in [3.8, 4) is 11.1 Å². The topological polar surface area (TPSA) is 103 Å². The predicted octanol–water partition coefficient (Wildman–Crippen LogP) is 7.99. The highest BCUT2D eigenvalue weighted by molar-refractivity contribution is 5.94. The number of nitrogens with one attached hydrogen (secondary N) is 2. The molecule has 0 aliphatic heterocycles. The summed E-state index contributed by atoms with van der Waals surface area (Å²) in [7, 11) is 1.57. The van der Waals surface area contributed by atoms with E-state index >= 15 is 0 Å². The highest BCUT2D eigenvalue weighted by atomic mass is 16.6. The second kappa shape index (κ2) is 15.3. The summed E-state index contributed by atoms with van der Waals surface area (Å²) in [6, 6.07) is 40.7. The first kappa shape index (κ1) is 36.1. The number of carbonyl (C=O) groups excluding carboxylic acids is 3. The van der Waals surface area contributed by atoms with E-state index in [1.807, 2.05) is 106 Å². The van der Waals surface area contributed by atoms with Gasteiger partial charge in [0, 0.05) is 35.2 Å². The highest BCUT2D eigenvalue weighted by Gasteiger charge is 2.44. The van der Waals surface area contributed by atoms with E-state index in [4.69, 9.17) is 14.2 Å². The summed E-state index contributed by atoms with van der Waals surface area (Å²) in [6.07, 6.45) is -1.58. The molecule has 266 valence electrons. The number of hydrogen-bond donors (Lipinski definition) is 2. The minimum atomic E-state index is -1.47. The Bertz CT molecular complexity index is 1940. The summed E-state index contributed by atoms with van der Waals surface area (Å²) in [5.74, 6) is -1.13. The van der Waals surface area contributed by atoms with Crippen LogP contribution in [0.5, 0.6) is 0 Å². The van der Waals surface area contributed by atoms with E-state index in [1.165, 1.54) is 0 Å². The Labute approximate surface area is 305 Å². The first-order valence-electron chi connectivity index (χ1n) is 17.5. The summed E-state index contributed by atoms with van der Waals surface area (Å²) in [6.45, 7) is 7.44. The average Bonchev–Trinajstić information content (AvgIpc) is 3.48. The lowest BCUT2D eigenvalue weighted by Crippen LogP contribution is -2.53. The minimum absolute atomic E-state index is 0.0752. The Kier molecular flexibility index (Phi) is 10.6. The third-order valence-electron chi connectivity index (χ3n) is 9.27. The van der Waals surface area contributed by atoms with Gasteiger partial charge in [-0.1, -0.05) is 121 Å². The van der Waals surface area contributed by atoms with Crippen molar-refractivity contribution in [2.75, 3.05) is 13.7 Å². The van der Waals surface area contributed by atoms with Crippen molar-refractivity contribution in [1.82, 2.24) is 10.6 Å². The Morgan fingerprint density at radius 2 is 1.15 bits per heavy atom. The van der Waals surface area contributed by atoms with Crippen molar-refractivity contribution < 1.29 is 28.6 Å².